The van der Waals surface area contributed by atoms with Gasteiger partial charge in [0.25, 0.3) is 0 Å². The Hall–Kier alpha value is -3.89. The number of nitrogens with one attached hydrogen (secondary N) is 1. The molecular weight excluding hydrogens is 461 g/mol. The summed E-state index contributed by atoms with van der Waals surface area (Å²) in [6.45, 7) is 0.349. The van der Waals surface area contributed by atoms with Crippen molar-refractivity contribution in [2.24, 2.45) is 12.5 Å². The molecule has 182 valence electrons. The Bertz CT molecular complexity index is 1310. The molecule has 2 aromatic heterocycles. The first kappa shape index (κ1) is 22.9. The third-order valence-corrected chi connectivity index (χ3v) is 6.87. The minimum absolute atomic E-state index is 0.0568. The van der Waals surface area contributed by atoms with Crippen LogP contribution in [0, 0.1) is 5.41 Å². The van der Waals surface area contributed by atoms with E-state index in [2.05, 4.69) is 15.4 Å². The summed E-state index contributed by atoms with van der Waals surface area (Å²) in [7, 11) is 1.80. The van der Waals surface area contributed by atoms with E-state index < -0.39 is 23.0 Å². The average molecular weight is 484 g/mol. The van der Waals surface area contributed by atoms with Gasteiger partial charge >= 0.3 is 6.18 Å². The summed E-state index contributed by atoms with van der Waals surface area (Å²) in [6.07, 6.45) is 0.782. The molecule has 2 amide bonds. The summed E-state index contributed by atoms with van der Waals surface area (Å²) in [5, 5.41) is 6.47. The quantitative estimate of drug-likeness (QED) is 0.552. The summed E-state index contributed by atoms with van der Waals surface area (Å²) in [5.41, 5.74) is 6.44. The number of imide groups is 1. The van der Waals surface area contributed by atoms with Crippen molar-refractivity contribution in [3.05, 3.63) is 48.4 Å². The summed E-state index contributed by atoms with van der Waals surface area (Å²) < 4.78 is 44.2. The second-order valence-electron chi connectivity index (χ2n) is 9.08. The number of rotatable bonds is 3. The van der Waals surface area contributed by atoms with Crippen molar-refractivity contribution in [1.82, 2.24) is 20.1 Å². The second kappa shape index (κ2) is 8.10. The van der Waals surface area contributed by atoms with Crippen LogP contribution in [0.5, 0.6) is 0 Å². The molecule has 2 saturated heterocycles. The van der Waals surface area contributed by atoms with Crippen LogP contribution in [0.25, 0.3) is 22.3 Å². The smallest absolute Gasteiger partial charge is 0.383 e. The summed E-state index contributed by atoms with van der Waals surface area (Å²) in [5.74, 6) is -1.29. The van der Waals surface area contributed by atoms with Gasteiger partial charge in [0.1, 0.15) is 11.4 Å². The number of carbonyl (C=O) groups excluding carboxylic acids is 2. The molecule has 3 N–H and O–H groups in total. The molecule has 2 fully saturated rings. The van der Waals surface area contributed by atoms with E-state index in [-0.39, 0.29) is 49.9 Å². The van der Waals surface area contributed by atoms with Crippen molar-refractivity contribution in [3.8, 4) is 22.3 Å². The zero-order chi connectivity index (χ0) is 25.0. The fourth-order valence-electron chi connectivity index (χ4n) is 5.00. The van der Waals surface area contributed by atoms with Crippen molar-refractivity contribution in [1.29, 1.82) is 0 Å². The van der Waals surface area contributed by atoms with Gasteiger partial charge in [0.2, 0.25) is 11.8 Å². The maximum absolute atomic E-state index is 14.2. The van der Waals surface area contributed by atoms with E-state index in [0.29, 0.717) is 11.1 Å². The Kier molecular flexibility index (Phi) is 5.30. The maximum atomic E-state index is 14.2. The number of anilines is 2. The lowest BCUT2D eigenvalue weighted by molar-refractivity contribution is -0.137. The van der Waals surface area contributed by atoms with E-state index in [1.807, 2.05) is 18.3 Å². The Morgan fingerprint density at radius 1 is 1.03 bits per heavy atom. The predicted octanol–water partition coefficient (Wildman–Crippen LogP) is 3.38. The van der Waals surface area contributed by atoms with Gasteiger partial charge in [-0.05, 0) is 24.0 Å². The standard InChI is InChI=1S/C24H23F3N6O2/c1-32-13-16(11-30-32)14-2-4-15(5-3-14)17-12-29-21(28)19(24(25,26)27)20(17)33-8-6-23(7-9-33)10-18(34)31-22(23)35/h2-5,11-13H,6-10H2,1H3,(H2,28,29)(H,31,34,35). The lowest BCUT2D eigenvalue weighted by atomic mass is 9.76. The van der Waals surface area contributed by atoms with E-state index in [1.54, 1.807) is 35.0 Å². The number of amides is 2. The number of nitrogen functional groups attached to an aromatic ring is 1. The van der Waals surface area contributed by atoms with Crippen LogP contribution in [0.1, 0.15) is 24.8 Å². The number of nitrogens with zero attached hydrogens (tertiary/aromatic N) is 4. The summed E-state index contributed by atoms with van der Waals surface area (Å²) >= 11 is 0. The van der Waals surface area contributed by atoms with Crippen molar-refractivity contribution in [2.45, 2.75) is 25.4 Å². The molecule has 2 aliphatic heterocycles. The Balaban J connectivity index is 1.54. The van der Waals surface area contributed by atoms with Gasteiger partial charge in [0, 0.05) is 50.1 Å². The molecule has 1 aromatic carbocycles. The van der Waals surface area contributed by atoms with E-state index in [4.69, 9.17) is 5.73 Å². The van der Waals surface area contributed by atoms with E-state index >= 15 is 0 Å². The third kappa shape index (κ3) is 4.00. The molecule has 3 aromatic rings. The van der Waals surface area contributed by atoms with Crippen LogP contribution in [-0.4, -0.2) is 39.7 Å². The van der Waals surface area contributed by atoms with Crippen LogP contribution < -0.4 is 16.0 Å². The first-order valence-corrected chi connectivity index (χ1v) is 11.1. The van der Waals surface area contributed by atoms with Crippen molar-refractivity contribution < 1.29 is 22.8 Å². The van der Waals surface area contributed by atoms with Gasteiger partial charge in [0.15, 0.2) is 0 Å². The van der Waals surface area contributed by atoms with Crippen LogP contribution in [0.15, 0.2) is 42.9 Å². The third-order valence-electron chi connectivity index (χ3n) is 6.87. The second-order valence-corrected chi connectivity index (χ2v) is 9.08. The van der Waals surface area contributed by atoms with Gasteiger partial charge < -0.3 is 10.6 Å². The van der Waals surface area contributed by atoms with Crippen molar-refractivity contribution in [3.63, 3.8) is 0 Å². The van der Waals surface area contributed by atoms with Crippen molar-refractivity contribution in [2.75, 3.05) is 23.7 Å². The van der Waals surface area contributed by atoms with Gasteiger partial charge in [-0.1, -0.05) is 24.3 Å². The molecule has 0 aliphatic carbocycles. The highest BCUT2D eigenvalue weighted by molar-refractivity contribution is 6.06. The highest BCUT2D eigenvalue weighted by atomic mass is 19.4. The number of nitrogens with two attached hydrogens (primary N) is 1. The lowest BCUT2D eigenvalue weighted by Gasteiger charge is -2.40. The van der Waals surface area contributed by atoms with E-state index in [1.165, 1.54) is 6.20 Å². The lowest BCUT2D eigenvalue weighted by Crippen LogP contribution is -2.44. The Morgan fingerprint density at radius 3 is 2.23 bits per heavy atom. The number of halogens is 3. The molecule has 35 heavy (non-hydrogen) atoms. The number of carbonyl (C=O) groups is 2. The summed E-state index contributed by atoms with van der Waals surface area (Å²) in [4.78, 5) is 29.6. The number of aromatic nitrogens is 3. The molecule has 5 rings (SSSR count). The number of benzene rings is 1. The molecule has 11 heteroatoms. The Labute approximate surface area is 198 Å². The monoisotopic (exact) mass is 484 g/mol. The zero-order valence-corrected chi connectivity index (χ0v) is 18.9. The zero-order valence-electron chi connectivity index (χ0n) is 18.9. The highest BCUT2D eigenvalue weighted by Crippen LogP contribution is 2.47. The predicted molar refractivity (Wildman–Crippen MR) is 123 cm³/mol. The normalized spacial score (nSPS) is 17.8. The van der Waals surface area contributed by atoms with Crippen LogP contribution in [0.4, 0.5) is 24.7 Å². The molecule has 8 nitrogen and oxygen atoms in total. The summed E-state index contributed by atoms with van der Waals surface area (Å²) in [6, 6.07) is 7.13. The van der Waals surface area contributed by atoms with Crippen LogP contribution in [0.3, 0.4) is 0 Å². The number of aryl methyl sites for hydroxylation is 1. The maximum Gasteiger partial charge on any atom is 0.421 e. The van der Waals surface area contributed by atoms with Gasteiger partial charge in [-0.3, -0.25) is 19.6 Å². The molecule has 1 spiro atoms. The molecule has 2 aliphatic rings. The van der Waals surface area contributed by atoms with Gasteiger partial charge in [0.05, 0.1) is 17.3 Å². The van der Waals surface area contributed by atoms with Gasteiger partial charge in [-0.2, -0.15) is 18.3 Å². The molecule has 0 saturated carbocycles. The van der Waals surface area contributed by atoms with Gasteiger partial charge in [-0.15, -0.1) is 0 Å². The minimum atomic E-state index is -4.73. The van der Waals surface area contributed by atoms with Crippen LogP contribution in [0.2, 0.25) is 0 Å². The fraction of sp³-hybridized carbons (Fsp3) is 0.333. The first-order valence-electron chi connectivity index (χ1n) is 11.1. The highest BCUT2D eigenvalue weighted by Gasteiger charge is 2.49. The fourth-order valence-corrected chi connectivity index (χ4v) is 5.00. The molecule has 0 bridgehead atoms. The number of piperidine rings is 1. The SMILES string of the molecule is Cn1cc(-c2ccc(-c3cnc(N)c(C(F)(F)F)c3N3CCC4(CC3)CC(=O)NC4=O)cc2)cn1. The number of hydrogen-bond acceptors (Lipinski definition) is 6. The van der Waals surface area contributed by atoms with Crippen LogP contribution >= 0.6 is 0 Å². The molecular formula is C24H23F3N6O2. The molecule has 4 heterocycles. The number of alkyl halides is 3. The van der Waals surface area contributed by atoms with E-state index in [9.17, 15) is 22.8 Å². The first-order chi connectivity index (χ1) is 16.6. The van der Waals surface area contributed by atoms with Crippen LogP contribution in [-0.2, 0) is 22.8 Å². The number of hydrogen-bond donors (Lipinski definition) is 2. The number of pyridine rings is 1. The molecule has 0 radical (unpaired) electrons. The van der Waals surface area contributed by atoms with E-state index in [0.717, 1.165) is 11.1 Å². The van der Waals surface area contributed by atoms with Gasteiger partial charge in [-0.25, -0.2) is 4.98 Å². The molecule has 0 atom stereocenters. The minimum Gasteiger partial charge on any atom is -0.383 e. The average Bonchev–Trinajstić information content (AvgIpc) is 3.35. The molecule has 0 unspecified atom stereocenters. The Morgan fingerprint density at radius 2 is 1.69 bits per heavy atom. The van der Waals surface area contributed by atoms with Crippen molar-refractivity contribution >= 4 is 23.3 Å². The topological polar surface area (TPSA) is 106 Å². The largest absolute Gasteiger partial charge is 0.421 e.